The second-order valence-electron chi connectivity index (χ2n) is 10.5. The van der Waals surface area contributed by atoms with Crippen molar-refractivity contribution in [2.45, 2.75) is 70.3 Å². The van der Waals surface area contributed by atoms with Crippen LogP contribution in [-0.4, -0.2) is 29.4 Å². The van der Waals surface area contributed by atoms with Gasteiger partial charge in [-0.1, -0.05) is 30.6 Å². The Morgan fingerprint density at radius 2 is 1.91 bits per heavy atom. The Morgan fingerprint density at radius 3 is 2.61 bits per heavy atom. The molecule has 0 bridgehead atoms. The van der Waals surface area contributed by atoms with Gasteiger partial charge in [-0.2, -0.15) is 0 Å². The van der Waals surface area contributed by atoms with Crippen LogP contribution in [0.25, 0.3) is 0 Å². The summed E-state index contributed by atoms with van der Waals surface area (Å²) in [6, 6.07) is 7.96. The van der Waals surface area contributed by atoms with Crippen LogP contribution in [0.5, 0.6) is 0 Å². The molecule has 0 unspecified atom stereocenters. The molecule has 2 saturated carbocycles. The fourth-order valence-corrected chi connectivity index (χ4v) is 7.39. The molecule has 2 fully saturated rings. The third-order valence-corrected chi connectivity index (χ3v) is 9.02. The normalized spacial score (nSPS) is 35.0. The van der Waals surface area contributed by atoms with E-state index in [1.807, 2.05) is 25.1 Å². The molecule has 1 aromatic carbocycles. The molecular formula is C29H33NO3. The van der Waals surface area contributed by atoms with Gasteiger partial charge in [0.1, 0.15) is 5.60 Å². The van der Waals surface area contributed by atoms with Gasteiger partial charge in [-0.3, -0.25) is 9.59 Å². The number of hydrogen-bond acceptors (Lipinski definition) is 3. The number of hydrogen-bond donors (Lipinski definition) is 2. The summed E-state index contributed by atoms with van der Waals surface area (Å²) in [5, 5.41) is 14.4. The number of carbonyl (C=O) groups excluding carboxylic acids is 2. The van der Waals surface area contributed by atoms with Crippen molar-refractivity contribution in [2.24, 2.45) is 17.3 Å². The topological polar surface area (TPSA) is 66.4 Å². The maximum absolute atomic E-state index is 12.2. The van der Waals surface area contributed by atoms with Gasteiger partial charge in [0.25, 0.3) is 5.91 Å². The molecule has 4 aliphatic rings. The molecule has 0 aliphatic heterocycles. The van der Waals surface area contributed by atoms with Crippen LogP contribution in [0, 0.1) is 29.1 Å². The number of rotatable bonds is 2. The van der Waals surface area contributed by atoms with Gasteiger partial charge in [0.05, 0.1) is 0 Å². The van der Waals surface area contributed by atoms with Crippen molar-refractivity contribution in [1.82, 2.24) is 5.32 Å². The smallest absolute Gasteiger partial charge is 0.251 e. The molecule has 2 N–H and O–H groups in total. The molecule has 4 heteroatoms. The van der Waals surface area contributed by atoms with E-state index in [1.54, 1.807) is 7.05 Å². The van der Waals surface area contributed by atoms with Gasteiger partial charge < -0.3 is 10.4 Å². The maximum atomic E-state index is 12.2. The second-order valence-corrected chi connectivity index (χ2v) is 10.5. The Kier molecular flexibility index (Phi) is 5.37. The van der Waals surface area contributed by atoms with Crippen molar-refractivity contribution in [3.63, 3.8) is 0 Å². The van der Waals surface area contributed by atoms with Crippen molar-refractivity contribution in [2.75, 3.05) is 7.05 Å². The minimum absolute atomic E-state index is 0.0887. The molecule has 4 aliphatic carbocycles. The van der Waals surface area contributed by atoms with Gasteiger partial charge >= 0.3 is 0 Å². The zero-order valence-corrected chi connectivity index (χ0v) is 19.8. The molecule has 0 aromatic heterocycles. The number of amides is 1. The summed E-state index contributed by atoms with van der Waals surface area (Å²) in [6.45, 7) is 4.06. The number of ketones is 1. The fourth-order valence-electron chi connectivity index (χ4n) is 7.39. The van der Waals surface area contributed by atoms with E-state index in [1.165, 1.54) is 22.3 Å². The second kappa shape index (κ2) is 7.99. The summed E-state index contributed by atoms with van der Waals surface area (Å²) >= 11 is 0. The highest BCUT2D eigenvalue weighted by molar-refractivity contribution is 5.94. The molecule has 4 nitrogen and oxygen atoms in total. The number of aliphatic hydroxyl groups is 1. The average Bonchev–Trinajstić information content (AvgIpc) is 3.08. The van der Waals surface area contributed by atoms with Crippen molar-refractivity contribution >= 4 is 11.7 Å². The minimum atomic E-state index is -0.971. The largest absolute Gasteiger partial charge is 0.377 e. The Balaban J connectivity index is 1.66. The van der Waals surface area contributed by atoms with Crippen LogP contribution in [0.4, 0.5) is 0 Å². The minimum Gasteiger partial charge on any atom is -0.377 e. The van der Waals surface area contributed by atoms with Gasteiger partial charge in [0.2, 0.25) is 0 Å². The van der Waals surface area contributed by atoms with Crippen LogP contribution in [0.15, 0.2) is 47.1 Å². The first-order valence-corrected chi connectivity index (χ1v) is 12.3. The molecule has 33 heavy (non-hydrogen) atoms. The number of carbonyl (C=O) groups is 2. The van der Waals surface area contributed by atoms with E-state index in [2.05, 4.69) is 36.2 Å². The predicted octanol–water partition coefficient (Wildman–Crippen LogP) is 4.70. The van der Waals surface area contributed by atoms with Crippen LogP contribution in [-0.2, 0) is 4.79 Å². The van der Waals surface area contributed by atoms with Crippen molar-refractivity contribution in [3.05, 3.63) is 58.2 Å². The van der Waals surface area contributed by atoms with Crippen molar-refractivity contribution in [3.8, 4) is 11.8 Å². The molecule has 1 amide bonds. The monoisotopic (exact) mass is 443 g/mol. The summed E-state index contributed by atoms with van der Waals surface area (Å²) < 4.78 is 0. The molecule has 1 aromatic rings. The molecule has 0 radical (unpaired) electrons. The summed E-state index contributed by atoms with van der Waals surface area (Å²) in [5.74, 6) is 7.32. The number of nitrogens with one attached hydrogen (secondary N) is 1. The molecule has 0 spiro atoms. The van der Waals surface area contributed by atoms with Gasteiger partial charge in [0.15, 0.2) is 5.78 Å². The van der Waals surface area contributed by atoms with Crippen molar-refractivity contribution < 1.29 is 14.7 Å². The van der Waals surface area contributed by atoms with E-state index >= 15 is 0 Å². The lowest BCUT2D eigenvalue weighted by atomic mass is 9.51. The third-order valence-electron chi connectivity index (χ3n) is 9.02. The molecule has 172 valence electrons. The zero-order valence-electron chi connectivity index (χ0n) is 19.8. The summed E-state index contributed by atoms with van der Waals surface area (Å²) in [4.78, 5) is 24.3. The Labute approximate surface area is 196 Å². The van der Waals surface area contributed by atoms with Gasteiger partial charge in [-0.05, 0) is 92.2 Å². The summed E-state index contributed by atoms with van der Waals surface area (Å²) in [6.07, 6.45) is 7.81. The van der Waals surface area contributed by atoms with Gasteiger partial charge in [0, 0.05) is 30.4 Å². The Hall–Kier alpha value is -2.64. The number of allylic oxidation sites excluding steroid dienone is 4. The first kappa shape index (κ1) is 22.2. The van der Waals surface area contributed by atoms with Crippen LogP contribution in [0.3, 0.4) is 0 Å². The number of benzene rings is 1. The van der Waals surface area contributed by atoms with E-state index < -0.39 is 5.60 Å². The summed E-state index contributed by atoms with van der Waals surface area (Å²) in [7, 11) is 1.64. The summed E-state index contributed by atoms with van der Waals surface area (Å²) in [5.41, 5.74) is 4.69. The van der Waals surface area contributed by atoms with Crippen molar-refractivity contribution in [1.29, 1.82) is 0 Å². The first-order chi connectivity index (χ1) is 15.8. The fraction of sp³-hybridized carbons (Fsp3) is 0.517. The standard InChI is InChI=1S/C29H33NO3/c1-4-14-29(33)15-13-25-23-11-9-20-16-21(31)10-12-22(20)26(23)24(17-28(25,29)2)18-5-7-19(8-6-18)27(32)30-3/h5-8,16,23-25,33H,9-13,15,17H2,1-3H3,(H,30,32)/t23-,24+,25-,28-,29-/m0/s1. The molecular weight excluding hydrogens is 410 g/mol. The Bertz CT molecular complexity index is 1130. The van der Waals surface area contributed by atoms with E-state index in [0.29, 0.717) is 23.8 Å². The number of fused-ring (bicyclic) bond motifs is 4. The first-order valence-electron chi connectivity index (χ1n) is 12.3. The van der Waals surface area contributed by atoms with E-state index in [4.69, 9.17) is 0 Å². The lowest BCUT2D eigenvalue weighted by Crippen LogP contribution is -2.51. The highest BCUT2D eigenvalue weighted by Gasteiger charge is 2.62. The van der Waals surface area contributed by atoms with E-state index in [-0.39, 0.29) is 23.0 Å². The molecule has 0 saturated heterocycles. The van der Waals surface area contributed by atoms with Gasteiger partial charge in [-0.15, -0.1) is 5.92 Å². The Morgan fingerprint density at radius 1 is 1.15 bits per heavy atom. The van der Waals surface area contributed by atoms with Crippen LogP contribution >= 0.6 is 0 Å². The predicted molar refractivity (Wildman–Crippen MR) is 128 cm³/mol. The lowest BCUT2D eigenvalue weighted by Gasteiger charge is -2.53. The van der Waals surface area contributed by atoms with Crippen LogP contribution in [0.1, 0.15) is 80.6 Å². The lowest BCUT2D eigenvalue weighted by molar-refractivity contribution is -0.114. The SMILES string of the molecule is CC#C[C@]1(O)CC[C@H]2[C@@H]3CCC4=CC(=O)CCC4=C3[C@@H](c3ccc(C(=O)NC)cc3)C[C@@]21C. The maximum Gasteiger partial charge on any atom is 0.251 e. The van der Waals surface area contributed by atoms with Gasteiger partial charge in [-0.25, -0.2) is 0 Å². The van der Waals surface area contributed by atoms with E-state index in [0.717, 1.165) is 38.5 Å². The molecule has 5 atom stereocenters. The highest BCUT2D eigenvalue weighted by Crippen LogP contribution is 2.66. The molecule has 0 heterocycles. The third kappa shape index (κ3) is 3.32. The quantitative estimate of drug-likeness (QED) is 0.651. The zero-order chi connectivity index (χ0) is 23.4. The molecule has 5 rings (SSSR count). The van der Waals surface area contributed by atoms with Crippen LogP contribution < -0.4 is 5.32 Å². The average molecular weight is 444 g/mol. The highest BCUT2D eigenvalue weighted by atomic mass is 16.3. The van der Waals surface area contributed by atoms with E-state index in [9.17, 15) is 14.7 Å². The van der Waals surface area contributed by atoms with Crippen LogP contribution in [0.2, 0.25) is 0 Å².